The normalized spacial score (nSPS) is 10.7. The summed E-state index contributed by atoms with van der Waals surface area (Å²) < 4.78 is 7.40. The van der Waals surface area contributed by atoms with Gasteiger partial charge in [-0.1, -0.05) is 18.5 Å². The van der Waals surface area contributed by atoms with Crippen LogP contribution < -0.4 is 4.74 Å². The van der Waals surface area contributed by atoms with Gasteiger partial charge in [-0.15, -0.1) is 0 Å². The molecular formula is C14H17ClN2O2. The van der Waals surface area contributed by atoms with E-state index in [4.69, 9.17) is 16.3 Å². The summed E-state index contributed by atoms with van der Waals surface area (Å²) in [5, 5.41) is 14.5. The maximum atomic E-state index is 9.52. The smallest absolute Gasteiger partial charge is 0.131 e. The van der Waals surface area contributed by atoms with Gasteiger partial charge in [0.05, 0.1) is 16.4 Å². The number of nitrogens with zero attached hydrogens (tertiary/aromatic N) is 2. The van der Waals surface area contributed by atoms with E-state index in [0.717, 1.165) is 23.4 Å². The first-order valence-corrected chi connectivity index (χ1v) is 6.52. The molecular weight excluding hydrogens is 264 g/mol. The van der Waals surface area contributed by atoms with Gasteiger partial charge in [0.25, 0.3) is 0 Å². The van der Waals surface area contributed by atoms with Crippen LogP contribution in [0.3, 0.4) is 0 Å². The number of ether oxygens (including phenoxy) is 1. The van der Waals surface area contributed by atoms with Gasteiger partial charge in [-0.3, -0.25) is 4.68 Å². The van der Waals surface area contributed by atoms with Gasteiger partial charge in [-0.2, -0.15) is 5.10 Å². The Kier molecular flexibility index (Phi) is 4.00. The van der Waals surface area contributed by atoms with Crippen molar-refractivity contribution in [3.8, 4) is 11.5 Å². The van der Waals surface area contributed by atoms with Crippen molar-refractivity contribution in [3.05, 3.63) is 40.2 Å². The predicted molar refractivity (Wildman–Crippen MR) is 74.8 cm³/mol. The van der Waals surface area contributed by atoms with Gasteiger partial charge in [0.15, 0.2) is 0 Å². The summed E-state index contributed by atoms with van der Waals surface area (Å²) in [5.74, 6) is 0.813. The molecule has 1 heterocycles. The molecule has 4 nitrogen and oxygen atoms in total. The van der Waals surface area contributed by atoms with Gasteiger partial charge in [0.2, 0.25) is 0 Å². The first-order valence-electron chi connectivity index (χ1n) is 6.15. The van der Waals surface area contributed by atoms with E-state index in [1.165, 1.54) is 0 Å². The fraction of sp³-hybridized carbons (Fsp3) is 0.357. The highest BCUT2D eigenvalue weighted by Gasteiger charge is 2.13. The van der Waals surface area contributed by atoms with E-state index in [-0.39, 0.29) is 5.75 Å². The average molecular weight is 281 g/mol. The van der Waals surface area contributed by atoms with Crippen LogP contribution in [0.1, 0.15) is 23.9 Å². The van der Waals surface area contributed by atoms with Crippen molar-refractivity contribution in [3.63, 3.8) is 0 Å². The van der Waals surface area contributed by atoms with E-state index in [1.807, 2.05) is 27.0 Å². The van der Waals surface area contributed by atoms with Gasteiger partial charge >= 0.3 is 0 Å². The number of halogens is 1. The molecule has 0 saturated heterocycles. The highest BCUT2D eigenvalue weighted by atomic mass is 35.5. The van der Waals surface area contributed by atoms with Crippen molar-refractivity contribution in [2.45, 2.75) is 26.9 Å². The number of aromatic nitrogens is 2. The van der Waals surface area contributed by atoms with Crippen molar-refractivity contribution < 1.29 is 9.84 Å². The Morgan fingerprint density at radius 2 is 2.11 bits per heavy atom. The number of benzene rings is 1. The molecule has 0 aliphatic heterocycles. The summed E-state index contributed by atoms with van der Waals surface area (Å²) in [7, 11) is 1.84. The molecule has 0 aliphatic carbocycles. The second kappa shape index (κ2) is 5.53. The van der Waals surface area contributed by atoms with Gasteiger partial charge in [0, 0.05) is 13.1 Å². The van der Waals surface area contributed by atoms with Crippen molar-refractivity contribution in [2.75, 3.05) is 0 Å². The lowest BCUT2D eigenvalue weighted by Crippen LogP contribution is -2.03. The molecule has 0 aliphatic rings. The molecule has 102 valence electrons. The van der Waals surface area contributed by atoms with E-state index in [1.54, 1.807) is 16.8 Å². The molecule has 0 fully saturated rings. The maximum absolute atomic E-state index is 9.52. The molecule has 1 aromatic heterocycles. The molecule has 0 saturated carbocycles. The highest BCUT2D eigenvalue weighted by molar-refractivity contribution is 6.31. The van der Waals surface area contributed by atoms with Crippen LogP contribution in [0.15, 0.2) is 18.2 Å². The van der Waals surface area contributed by atoms with E-state index < -0.39 is 0 Å². The van der Waals surface area contributed by atoms with Crippen LogP contribution in [0.4, 0.5) is 0 Å². The number of phenols is 1. The lowest BCUT2D eigenvalue weighted by molar-refractivity contribution is 0.293. The third-order valence-corrected chi connectivity index (χ3v) is 3.35. The zero-order valence-corrected chi connectivity index (χ0v) is 12.0. The van der Waals surface area contributed by atoms with Crippen LogP contribution >= 0.6 is 11.6 Å². The zero-order valence-electron chi connectivity index (χ0n) is 11.3. The van der Waals surface area contributed by atoms with Crippen molar-refractivity contribution >= 4 is 11.6 Å². The first kappa shape index (κ1) is 13.7. The second-order valence-corrected chi connectivity index (χ2v) is 4.86. The van der Waals surface area contributed by atoms with E-state index in [9.17, 15) is 5.11 Å². The minimum Gasteiger partial charge on any atom is -0.508 e. The Balaban J connectivity index is 2.16. The number of rotatable bonds is 4. The fourth-order valence-electron chi connectivity index (χ4n) is 1.94. The Bertz CT molecular complexity index is 573. The third-order valence-electron chi connectivity index (χ3n) is 2.91. The monoisotopic (exact) mass is 280 g/mol. The molecule has 2 aromatic rings. The molecule has 5 heteroatoms. The van der Waals surface area contributed by atoms with Gasteiger partial charge < -0.3 is 9.84 Å². The molecule has 1 aromatic carbocycles. The zero-order chi connectivity index (χ0) is 14.0. The summed E-state index contributed by atoms with van der Waals surface area (Å²) >= 11 is 6.25. The van der Waals surface area contributed by atoms with Crippen molar-refractivity contribution in [1.29, 1.82) is 0 Å². The molecule has 0 atom stereocenters. The lowest BCUT2D eigenvalue weighted by Gasteiger charge is -2.08. The van der Waals surface area contributed by atoms with E-state index in [2.05, 4.69) is 5.10 Å². The largest absolute Gasteiger partial charge is 0.508 e. The standard InChI is InChI=1S/C14H17ClN2O2/c1-4-12-14(15)13(17(3)16-12)8-19-11-6-9(2)5-10(18)7-11/h5-7,18H,4,8H2,1-3H3. The van der Waals surface area contributed by atoms with Gasteiger partial charge in [-0.25, -0.2) is 0 Å². The Labute approximate surface area is 117 Å². The lowest BCUT2D eigenvalue weighted by atomic mass is 10.2. The number of hydrogen-bond donors (Lipinski definition) is 1. The first-order chi connectivity index (χ1) is 9.01. The SMILES string of the molecule is CCc1nn(C)c(COc2cc(C)cc(O)c2)c1Cl. The van der Waals surface area contributed by atoms with Crippen molar-refractivity contribution in [1.82, 2.24) is 9.78 Å². The number of aromatic hydroxyl groups is 1. The molecule has 0 unspecified atom stereocenters. The van der Waals surface area contributed by atoms with Crippen LogP contribution in [-0.4, -0.2) is 14.9 Å². The Hall–Kier alpha value is -1.68. The number of phenolic OH excluding ortho intramolecular Hbond substituents is 1. The summed E-state index contributed by atoms with van der Waals surface area (Å²) in [6.45, 7) is 4.24. The van der Waals surface area contributed by atoms with Crippen LogP contribution in [0.25, 0.3) is 0 Å². The van der Waals surface area contributed by atoms with Crippen LogP contribution in [0.2, 0.25) is 5.02 Å². The van der Waals surface area contributed by atoms with E-state index >= 15 is 0 Å². The quantitative estimate of drug-likeness (QED) is 0.935. The molecule has 0 amide bonds. The second-order valence-electron chi connectivity index (χ2n) is 4.48. The minimum absolute atomic E-state index is 0.195. The molecule has 2 rings (SSSR count). The van der Waals surface area contributed by atoms with Crippen LogP contribution in [0, 0.1) is 6.92 Å². The molecule has 1 N–H and O–H groups in total. The minimum atomic E-state index is 0.195. The molecule has 0 radical (unpaired) electrons. The fourth-order valence-corrected chi connectivity index (χ4v) is 2.29. The van der Waals surface area contributed by atoms with Crippen LogP contribution in [-0.2, 0) is 20.1 Å². The third kappa shape index (κ3) is 3.01. The Morgan fingerprint density at radius 3 is 2.68 bits per heavy atom. The summed E-state index contributed by atoms with van der Waals surface area (Å²) in [6.07, 6.45) is 0.790. The molecule has 0 spiro atoms. The van der Waals surface area contributed by atoms with Crippen molar-refractivity contribution in [2.24, 2.45) is 7.05 Å². The maximum Gasteiger partial charge on any atom is 0.131 e. The highest BCUT2D eigenvalue weighted by Crippen LogP contribution is 2.25. The average Bonchev–Trinajstić information content (AvgIpc) is 2.61. The predicted octanol–water partition coefficient (Wildman–Crippen LogP) is 3.23. The summed E-state index contributed by atoms with van der Waals surface area (Å²) in [4.78, 5) is 0. The Morgan fingerprint density at radius 1 is 1.37 bits per heavy atom. The molecule has 19 heavy (non-hydrogen) atoms. The van der Waals surface area contributed by atoms with Gasteiger partial charge in [-0.05, 0) is 31.0 Å². The van der Waals surface area contributed by atoms with Crippen LogP contribution in [0.5, 0.6) is 11.5 Å². The van der Waals surface area contributed by atoms with E-state index in [0.29, 0.717) is 17.4 Å². The topological polar surface area (TPSA) is 47.3 Å². The summed E-state index contributed by atoms with van der Waals surface area (Å²) in [5.41, 5.74) is 2.65. The number of aryl methyl sites for hydroxylation is 3. The summed E-state index contributed by atoms with van der Waals surface area (Å²) in [6, 6.07) is 5.13. The number of hydrogen-bond acceptors (Lipinski definition) is 3. The van der Waals surface area contributed by atoms with Gasteiger partial charge in [0.1, 0.15) is 18.1 Å². The molecule has 0 bridgehead atoms.